The fourth-order valence-corrected chi connectivity index (χ4v) is 3.99. The molecule has 5 heteroatoms. The highest BCUT2D eigenvalue weighted by atomic mass is 79.9. The summed E-state index contributed by atoms with van der Waals surface area (Å²) in [7, 11) is 0. The highest BCUT2D eigenvalue weighted by molar-refractivity contribution is 9.10. The molecule has 0 spiro atoms. The van der Waals surface area contributed by atoms with Crippen molar-refractivity contribution in [1.82, 2.24) is 5.32 Å². The molecule has 0 amide bonds. The Morgan fingerprint density at radius 1 is 1.30 bits per heavy atom. The Bertz CT molecular complexity index is 571. The lowest BCUT2D eigenvalue weighted by Crippen LogP contribution is -2.24. The van der Waals surface area contributed by atoms with Crippen LogP contribution in [0.2, 0.25) is 0 Å². The van der Waals surface area contributed by atoms with Crippen LogP contribution in [-0.4, -0.2) is 6.54 Å². The van der Waals surface area contributed by atoms with E-state index in [-0.39, 0.29) is 11.9 Å². The van der Waals surface area contributed by atoms with Gasteiger partial charge in [-0.15, -0.1) is 11.3 Å². The molecule has 0 aliphatic heterocycles. The molecule has 1 aromatic carbocycles. The molecule has 0 radical (unpaired) electrons. The molecule has 2 rings (SSSR count). The molecule has 2 aromatic rings. The smallest absolute Gasteiger partial charge is 0.128 e. The zero-order valence-corrected chi connectivity index (χ0v) is 15.1. The van der Waals surface area contributed by atoms with E-state index in [0.29, 0.717) is 5.56 Å². The molecule has 1 N–H and O–H groups in total. The van der Waals surface area contributed by atoms with E-state index in [4.69, 9.17) is 0 Å². The Balaban J connectivity index is 2.27. The number of nitrogens with one attached hydrogen (secondary N) is 1. The van der Waals surface area contributed by atoms with Crippen molar-refractivity contribution in [1.29, 1.82) is 0 Å². The van der Waals surface area contributed by atoms with E-state index in [1.54, 1.807) is 17.4 Å². The number of halogens is 3. The normalized spacial score (nSPS) is 12.6. The lowest BCUT2D eigenvalue weighted by molar-refractivity contribution is 0.498. The summed E-state index contributed by atoms with van der Waals surface area (Å²) >= 11 is 8.67. The predicted octanol–water partition coefficient (Wildman–Crippen LogP) is 5.70. The number of benzene rings is 1. The molecule has 20 heavy (non-hydrogen) atoms. The van der Waals surface area contributed by atoms with Crippen LogP contribution in [0.5, 0.6) is 0 Å². The summed E-state index contributed by atoms with van der Waals surface area (Å²) in [6, 6.07) is 7.14. The second kappa shape index (κ2) is 7.69. The van der Waals surface area contributed by atoms with Crippen LogP contribution in [0, 0.1) is 5.82 Å². The summed E-state index contributed by atoms with van der Waals surface area (Å²) in [6.45, 7) is 2.99. The maximum Gasteiger partial charge on any atom is 0.128 e. The molecule has 1 aromatic heterocycles. The zero-order valence-electron chi connectivity index (χ0n) is 11.1. The molecule has 0 saturated heterocycles. The van der Waals surface area contributed by atoms with Crippen molar-refractivity contribution in [3.8, 4) is 0 Å². The van der Waals surface area contributed by atoms with E-state index in [0.717, 1.165) is 28.3 Å². The van der Waals surface area contributed by atoms with Crippen LogP contribution >= 0.6 is 43.2 Å². The van der Waals surface area contributed by atoms with Crippen molar-refractivity contribution in [2.45, 2.75) is 25.8 Å². The average Bonchev–Trinajstić information content (AvgIpc) is 2.83. The van der Waals surface area contributed by atoms with Crippen LogP contribution in [0.25, 0.3) is 0 Å². The molecule has 0 fully saturated rings. The Kier molecular flexibility index (Phi) is 6.20. The van der Waals surface area contributed by atoms with E-state index in [1.165, 1.54) is 10.9 Å². The van der Waals surface area contributed by atoms with Crippen molar-refractivity contribution < 1.29 is 4.39 Å². The minimum Gasteiger partial charge on any atom is -0.310 e. The average molecular weight is 421 g/mol. The molecule has 108 valence electrons. The van der Waals surface area contributed by atoms with Gasteiger partial charge in [0.05, 0.1) is 0 Å². The summed E-state index contributed by atoms with van der Waals surface area (Å²) in [6.07, 6.45) is 1.81. The predicted molar refractivity (Wildman–Crippen MR) is 90.9 cm³/mol. The molecule has 1 unspecified atom stereocenters. The van der Waals surface area contributed by atoms with Gasteiger partial charge in [0, 0.05) is 31.8 Å². The van der Waals surface area contributed by atoms with E-state index in [2.05, 4.69) is 44.1 Å². The third-order valence-corrected chi connectivity index (χ3v) is 5.50. The largest absolute Gasteiger partial charge is 0.310 e. The molecular formula is C15H16Br2FNS. The molecule has 0 saturated carbocycles. The fraction of sp³-hybridized carbons (Fsp3) is 0.333. The molecule has 0 bridgehead atoms. The minimum atomic E-state index is -0.158. The van der Waals surface area contributed by atoms with Gasteiger partial charge in [-0.25, -0.2) is 4.39 Å². The SMILES string of the molecule is CCCNC(Cc1sccc1Br)c1cc(Br)ccc1F. The topological polar surface area (TPSA) is 12.0 Å². The van der Waals surface area contributed by atoms with E-state index in [9.17, 15) is 4.39 Å². The molecule has 1 nitrogen and oxygen atoms in total. The number of thiophene rings is 1. The van der Waals surface area contributed by atoms with Crippen molar-refractivity contribution in [3.05, 3.63) is 54.8 Å². The first kappa shape index (κ1) is 16.1. The zero-order chi connectivity index (χ0) is 14.5. The van der Waals surface area contributed by atoms with Gasteiger partial charge in [-0.05, 0) is 58.5 Å². The second-order valence-electron chi connectivity index (χ2n) is 4.57. The maximum atomic E-state index is 14.1. The molecule has 1 atom stereocenters. The summed E-state index contributed by atoms with van der Waals surface area (Å²) in [5, 5.41) is 5.49. The summed E-state index contributed by atoms with van der Waals surface area (Å²) in [5.74, 6) is -0.158. The molecule has 0 aliphatic carbocycles. The van der Waals surface area contributed by atoms with Gasteiger partial charge in [-0.1, -0.05) is 22.9 Å². The minimum absolute atomic E-state index is 0.0117. The van der Waals surface area contributed by atoms with Crippen molar-refractivity contribution in [2.75, 3.05) is 6.54 Å². The number of rotatable bonds is 6. The van der Waals surface area contributed by atoms with Crippen LogP contribution in [-0.2, 0) is 6.42 Å². The van der Waals surface area contributed by atoms with E-state index in [1.807, 2.05) is 17.5 Å². The number of hydrogen-bond donors (Lipinski definition) is 1. The lowest BCUT2D eigenvalue weighted by atomic mass is 10.0. The van der Waals surface area contributed by atoms with Crippen LogP contribution in [0.15, 0.2) is 38.6 Å². The van der Waals surface area contributed by atoms with Gasteiger partial charge in [-0.2, -0.15) is 0 Å². The van der Waals surface area contributed by atoms with Crippen molar-refractivity contribution in [2.24, 2.45) is 0 Å². The summed E-state index contributed by atoms with van der Waals surface area (Å²) in [5.41, 5.74) is 0.716. The van der Waals surface area contributed by atoms with Gasteiger partial charge in [0.15, 0.2) is 0 Å². The Hall–Kier alpha value is -0.230. The van der Waals surface area contributed by atoms with Crippen molar-refractivity contribution in [3.63, 3.8) is 0 Å². The van der Waals surface area contributed by atoms with Gasteiger partial charge in [0.25, 0.3) is 0 Å². The standard InChI is InChI=1S/C15H16Br2FNS/c1-2-6-19-14(9-15-12(17)5-7-20-15)11-8-10(16)3-4-13(11)18/h3-5,7-8,14,19H,2,6,9H2,1H3. The summed E-state index contributed by atoms with van der Waals surface area (Å²) < 4.78 is 16.1. The highest BCUT2D eigenvalue weighted by Crippen LogP contribution is 2.30. The lowest BCUT2D eigenvalue weighted by Gasteiger charge is -2.19. The monoisotopic (exact) mass is 419 g/mol. The first-order valence-corrected chi connectivity index (χ1v) is 8.98. The highest BCUT2D eigenvalue weighted by Gasteiger charge is 2.18. The van der Waals surface area contributed by atoms with Crippen LogP contribution in [0.1, 0.15) is 29.8 Å². The van der Waals surface area contributed by atoms with Gasteiger partial charge in [0.2, 0.25) is 0 Å². The molecular weight excluding hydrogens is 405 g/mol. The summed E-state index contributed by atoms with van der Waals surface area (Å²) in [4.78, 5) is 1.23. The second-order valence-corrected chi connectivity index (χ2v) is 7.34. The first-order valence-electron chi connectivity index (χ1n) is 6.52. The number of hydrogen-bond acceptors (Lipinski definition) is 2. The van der Waals surface area contributed by atoms with Crippen LogP contribution in [0.4, 0.5) is 4.39 Å². The van der Waals surface area contributed by atoms with Gasteiger partial charge in [0.1, 0.15) is 5.82 Å². The van der Waals surface area contributed by atoms with Gasteiger partial charge < -0.3 is 5.32 Å². The van der Waals surface area contributed by atoms with Crippen LogP contribution in [0.3, 0.4) is 0 Å². The molecule has 0 aliphatic rings. The third kappa shape index (κ3) is 4.13. The fourth-order valence-electron chi connectivity index (χ4n) is 2.05. The third-order valence-electron chi connectivity index (χ3n) is 3.05. The van der Waals surface area contributed by atoms with Gasteiger partial charge >= 0.3 is 0 Å². The first-order chi connectivity index (χ1) is 9.61. The Labute approximate surface area is 139 Å². The Morgan fingerprint density at radius 3 is 2.75 bits per heavy atom. The van der Waals surface area contributed by atoms with Gasteiger partial charge in [-0.3, -0.25) is 0 Å². The van der Waals surface area contributed by atoms with E-state index >= 15 is 0 Å². The Morgan fingerprint density at radius 2 is 2.10 bits per heavy atom. The van der Waals surface area contributed by atoms with Crippen LogP contribution < -0.4 is 5.32 Å². The molecule has 1 heterocycles. The maximum absolute atomic E-state index is 14.1. The van der Waals surface area contributed by atoms with Crippen molar-refractivity contribution >= 4 is 43.2 Å². The quantitative estimate of drug-likeness (QED) is 0.632. The van der Waals surface area contributed by atoms with E-state index < -0.39 is 0 Å².